The topological polar surface area (TPSA) is 40.5 Å². The standard InChI is InChI=1S/C13H20F3NO2/c14-13(15,16)12(19)6-7-17(9-12)11(18)8-10-4-2-1-3-5-10/h10,19H,1-9H2/t12-/m1/s1. The Hall–Kier alpha value is -0.780. The number of alkyl halides is 3. The minimum atomic E-state index is -4.66. The van der Waals surface area contributed by atoms with Crippen LogP contribution in [-0.4, -0.2) is 40.8 Å². The van der Waals surface area contributed by atoms with Crippen molar-refractivity contribution in [2.45, 2.75) is 56.7 Å². The van der Waals surface area contributed by atoms with Gasteiger partial charge in [0.1, 0.15) is 0 Å². The Morgan fingerprint density at radius 2 is 1.89 bits per heavy atom. The zero-order valence-corrected chi connectivity index (χ0v) is 10.9. The fraction of sp³-hybridized carbons (Fsp3) is 0.923. The maximum Gasteiger partial charge on any atom is 0.419 e. The molecule has 0 bridgehead atoms. The van der Waals surface area contributed by atoms with E-state index in [-0.39, 0.29) is 12.5 Å². The fourth-order valence-corrected chi connectivity index (χ4v) is 3.01. The molecule has 1 heterocycles. The molecule has 1 aliphatic carbocycles. The van der Waals surface area contributed by atoms with Crippen LogP contribution in [0.15, 0.2) is 0 Å². The van der Waals surface area contributed by atoms with Crippen LogP contribution in [0.4, 0.5) is 13.2 Å². The number of β-amino-alcohol motifs (C(OH)–C–C–N with tert-alkyl or cyclic N) is 1. The van der Waals surface area contributed by atoms with Gasteiger partial charge in [-0.2, -0.15) is 13.2 Å². The van der Waals surface area contributed by atoms with Crippen molar-refractivity contribution >= 4 is 5.91 Å². The molecule has 1 saturated heterocycles. The average Bonchev–Trinajstić information content (AvgIpc) is 2.74. The number of nitrogens with zero attached hydrogens (tertiary/aromatic N) is 1. The molecule has 1 atom stereocenters. The van der Waals surface area contributed by atoms with Crippen molar-refractivity contribution in [3.63, 3.8) is 0 Å². The molecule has 0 aromatic rings. The lowest BCUT2D eigenvalue weighted by atomic mass is 9.87. The van der Waals surface area contributed by atoms with Gasteiger partial charge in [-0.05, 0) is 18.8 Å². The first-order valence-electron chi connectivity index (χ1n) is 6.89. The van der Waals surface area contributed by atoms with Gasteiger partial charge in [-0.15, -0.1) is 0 Å². The Kier molecular flexibility index (Phi) is 4.08. The van der Waals surface area contributed by atoms with Crippen LogP contribution in [0.2, 0.25) is 0 Å². The molecule has 1 N–H and O–H groups in total. The summed E-state index contributed by atoms with van der Waals surface area (Å²) in [7, 11) is 0. The summed E-state index contributed by atoms with van der Waals surface area (Å²) in [6, 6.07) is 0. The van der Waals surface area contributed by atoms with E-state index in [1.54, 1.807) is 0 Å². The molecule has 2 fully saturated rings. The van der Waals surface area contributed by atoms with Gasteiger partial charge in [-0.25, -0.2) is 0 Å². The van der Waals surface area contributed by atoms with E-state index in [1.165, 1.54) is 11.3 Å². The van der Waals surface area contributed by atoms with Gasteiger partial charge >= 0.3 is 6.18 Å². The molecule has 0 radical (unpaired) electrons. The average molecular weight is 279 g/mol. The van der Waals surface area contributed by atoms with Crippen LogP contribution in [0.1, 0.15) is 44.9 Å². The molecule has 0 spiro atoms. The summed E-state index contributed by atoms with van der Waals surface area (Å²) in [4.78, 5) is 13.1. The van der Waals surface area contributed by atoms with Crippen LogP contribution in [0, 0.1) is 5.92 Å². The number of hydrogen-bond acceptors (Lipinski definition) is 2. The van der Waals surface area contributed by atoms with Crippen LogP contribution in [-0.2, 0) is 4.79 Å². The normalized spacial score (nSPS) is 29.8. The smallest absolute Gasteiger partial charge is 0.379 e. The van der Waals surface area contributed by atoms with Crippen molar-refractivity contribution in [1.82, 2.24) is 4.90 Å². The van der Waals surface area contributed by atoms with Crippen LogP contribution in [0.5, 0.6) is 0 Å². The summed E-state index contributed by atoms with van der Waals surface area (Å²) in [6.07, 6.45) is 0.622. The number of carbonyl (C=O) groups is 1. The van der Waals surface area contributed by atoms with Crippen LogP contribution < -0.4 is 0 Å². The highest BCUT2D eigenvalue weighted by Gasteiger charge is 2.57. The summed E-state index contributed by atoms with van der Waals surface area (Å²) in [5.41, 5.74) is -2.71. The lowest BCUT2D eigenvalue weighted by Crippen LogP contribution is -2.48. The molecule has 0 unspecified atom stereocenters. The third-order valence-electron chi connectivity index (χ3n) is 4.32. The Morgan fingerprint density at radius 1 is 1.26 bits per heavy atom. The van der Waals surface area contributed by atoms with E-state index >= 15 is 0 Å². The van der Waals surface area contributed by atoms with E-state index in [0.29, 0.717) is 12.3 Å². The van der Waals surface area contributed by atoms with Gasteiger partial charge in [-0.3, -0.25) is 4.79 Å². The van der Waals surface area contributed by atoms with Crippen molar-refractivity contribution < 1.29 is 23.1 Å². The molecule has 3 nitrogen and oxygen atoms in total. The number of halogens is 3. The predicted octanol–water partition coefficient (Wildman–Crippen LogP) is 2.48. The predicted molar refractivity (Wildman–Crippen MR) is 63.4 cm³/mol. The SMILES string of the molecule is O=C(CC1CCCCC1)N1CC[C@](O)(C(F)(F)F)C1. The maximum absolute atomic E-state index is 12.7. The van der Waals surface area contributed by atoms with Gasteiger partial charge in [0, 0.05) is 19.4 Å². The van der Waals surface area contributed by atoms with Crippen LogP contribution in [0.3, 0.4) is 0 Å². The number of hydrogen-bond donors (Lipinski definition) is 1. The molecular weight excluding hydrogens is 259 g/mol. The van der Waals surface area contributed by atoms with E-state index in [1.807, 2.05) is 0 Å². The molecule has 2 rings (SSSR count). The second-order valence-corrected chi connectivity index (χ2v) is 5.80. The highest BCUT2D eigenvalue weighted by molar-refractivity contribution is 5.77. The zero-order chi connectivity index (χ0) is 14.1. The number of likely N-dealkylation sites (tertiary alicyclic amines) is 1. The summed E-state index contributed by atoms with van der Waals surface area (Å²) in [5, 5.41) is 9.53. The summed E-state index contributed by atoms with van der Waals surface area (Å²) >= 11 is 0. The molecule has 110 valence electrons. The van der Waals surface area contributed by atoms with Crippen LogP contribution in [0.25, 0.3) is 0 Å². The Labute approximate surface area is 110 Å². The molecule has 0 aromatic carbocycles. The lowest BCUT2D eigenvalue weighted by Gasteiger charge is -2.27. The molecule has 2 aliphatic rings. The van der Waals surface area contributed by atoms with Gasteiger partial charge < -0.3 is 10.0 Å². The molecule has 6 heteroatoms. The van der Waals surface area contributed by atoms with Crippen molar-refractivity contribution in [3.05, 3.63) is 0 Å². The van der Waals surface area contributed by atoms with E-state index in [9.17, 15) is 23.1 Å². The molecule has 1 saturated carbocycles. The van der Waals surface area contributed by atoms with Crippen LogP contribution >= 0.6 is 0 Å². The van der Waals surface area contributed by atoms with Gasteiger partial charge in [0.15, 0.2) is 5.60 Å². The Bertz CT molecular complexity index is 339. The van der Waals surface area contributed by atoms with Crippen molar-refractivity contribution in [2.24, 2.45) is 5.92 Å². The molecule has 1 amide bonds. The highest BCUT2D eigenvalue weighted by atomic mass is 19.4. The largest absolute Gasteiger partial charge is 0.419 e. The Balaban J connectivity index is 1.88. The third kappa shape index (κ3) is 3.22. The molecule has 0 aromatic heterocycles. The maximum atomic E-state index is 12.7. The number of amides is 1. The van der Waals surface area contributed by atoms with E-state index in [4.69, 9.17) is 0 Å². The first-order valence-corrected chi connectivity index (χ1v) is 6.89. The van der Waals surface area contributed by atoms with Crippen molar-refractivity contribution in [1.29, 1.82) is 0 Å². The van der Waals surface area contributed by atoms with E-state index in [2.05, 4.69) is 0 Å². The first kappa shape index (κ1) is 14.6. The van der Waals surface area contributed by atoms with E-state index < -0.39 is 24.7 Å². The second-order valence-electron chi connectivity index (χ2n) is 5.80. The van der Waals surface area contributed by atoms with Crippen molar-refractivity contribution in [3.8, 4) is 0 Å². The molecule has 19 heavy (non-hydrogen) atoms. The minimum absolute atomic E-state index is 0.00155. The second kappa shape index (κ2) is 5.31. The van der Waals surface area contributed by atoms with E-state index in [0.717, 1.165) is 25.7 Å². The fourth-order valence-electron chi connectivity index (χ4n) is 3.01. The molecular formula is C13H20F3NO2. The number of rotatable bonds is 2. The highest BCUT2D eigenvalue weighted by Crippen LogP contribution is 2.38. The molecule has 1 aliphatic heterocycles. The minimum Gasteiger partial charge on any atom is -0.379 e. The van der Waals surface area contributed by atoms with Gasteiger partial charge in [0.25, 0.3) is 0 Å². The quantitative estimate of drug-likeness (QED) is 0.843. The monoisotopic (exact) mass is 279 g/mol. The van der Waals surface area contributed by atoms with Crippen molar-refractivity contribution in [2.75, 3.05) is 13.1 Å². The van der Waals surface area contributed by atoms with Gasteiger partial charge in [0.2, 0.25) is 5.91 Å². The first-order chi connectivity index (χ1) is 8.82. The Morgan fingerprint density at radius 3 is 2.42 bits per heavy atom. The van der Waals surface area contributed by atoms with Gasteiger partial charge in [0.05, 0.1) is 6.54 Å². The number of carbonyl (C=O) groups excluding carboxylic acids is 1. The zero-order valence-electron chi connectivity index (χ0n) is 10.9. The lowest BCUT2D eigenvalue weighted by molar-refractivity contribution is -0.253. The number of aliphatic hydroxyl groups is 1. The summed E-state index contributed by atoms with van der Waals surface area (Å²) in [5.74, 6) is 0.0629. The summed E-state index contributed by atoms with van der Waals surface area (Å²) < 4.78 is 38.0. The summed E-state index contributed by atoms with van der Waals surface area (Å²) in [6.45, 7) is -0.608. The third-order valence-corrected chi connectivity index (χ3v) is 4.32. The van der Waals surface area contributed by atoms with Gasteiger partial charge in [-0.1, -0.05) is 19.3 Å².